The van der Waals surface area contributed by atoms with Crippen LogP contribution in [-0.2, 0) is 12.8 Å². The minimum absolute atomic E-state index is 0.0775. The second kappa shape index (κ2) is 7.62. The van der Waals surface area contributed by atoms with Crippen molar-refractivity contribution in [2.75, 3.05) is 13.1 Å². The summed E-state index contributed by atoms with van der Waals surface area (Å²) in [7, 11) is 0. The Labute approximate surface area is 163 Å². The van der Waals surface area contributed by atoms with Crippen LogP contribution in [0.5, 0.6) is 0 Å². The molecule has 6 nitrogen and oxygen atoms in total. The summed E-state index contributed by atoms with van der Waals surface area (Å²) in [6.45, 7) is 1.11. The fourth-order valence-electron chi connectivity index (χ4n) is 4.36. The van der Waals surface area contributed by atoms with E-state index < -0.39 is 5.97 Å². The van der Waals surface area contributed by atoms with Crippen molar-refractivity contribution in [1.82, 2.24) is 9.88 Å². The van der Waals surface area contributed by atoms with E-state index >= 15 is 0 Å². The van der Waals surface area contributed by atoms with Gasteiger partial charge in [0.25, 0.3) is 11.5 Å². The first kappa shape index (κ1) is 18.5. The fourth-order valence-corrected chi connectivity index (χ4v) is 4.36. The summed E-state index contributed by atoms with van der Waals surface area (Å²) in [6, 6.07) is 8.70. The topological polar surface area (TPSA) is 90.5 Å². The molecule has 2 aromatic rings. The number of hydrogen-bond acceptors (Lipinski definition) is 3. The molecule has 1 aromatic heterocycles. The van der Waals surface area contributed by atoms with Crippen LogP contribution >= 0.6 is 0 Å². The van der Waals surface area contributed by atoms with E-state index in [0.29, 0.717) is 13.1 Å². The van der Waals surface area contributed by atoms with E-state index in [9.17, 15) is 19.5 Å². The summed E-state index contributed by atoms with van der Waals surface area (Å²) in [4.78, 5) is 41.4. The van der Waals surface area contributed by atoms with Gasteiger partial charge in [0, 0.05) is 24.7 Å². The second-order valence-electron chi connectivity index (χ2n) is 7.74. The summed E-state index contributed by atoms with van der Waals surface area (Å²) in [6.07, 6.45) is 5.64. The average molecular weight is 380 g/mol. The molecule has 146 valence electrons. The molecule has 0 saturated carbocycles. The minimum atomic E-state index is -0.953. The number of rotatable bonds is 3. The predicted molar refractivity (Wildman–Crippen MR) is 105 cm³/mol. The zero-order valence-corrected chi connectivity index (χ0v) is 15.7. The third-order valence-electron chi connectivity index (χ3n) is 5.88. The van der Waals surface area contributed by atoms with Crippen LogP contribution in [0.15, 0.2) is 35.1 Å². The Morgan fingerprint density at radius 2 is 1.93 bits per heavy atom. The number of H-pyrrole nitrogens is 1. The fraction of sp³-hybridized carbons (Fsp3) is 0.409. The van der Waals surface area contributed by atoms with Crippen molar-refractivity contribution in [3.63, 3.8) is 0 Å². The minimum Gasteiger partial charge on any atom is -0.478 e. The van der Waals surface area contributed by atoms with Gasteiger partial charge >= 0.3 is 5.97 Å². The number of benzene rings is 1. The number of piperidine rings is 1. The third kappa shape index (κ3) is 3.59. The molecular weight excluding hydrogens is 356 g/mol. The first-order valence-corrected chi connectivity index (χ1v) is 9.90. The molecule has 1 amide bonds. The lowest BCUT2D eigenvalue weighted by Gasteiger charge is -2.33. The highest BCUT2D eigenvalue weighted by molar-refractivity contribution is 5.94. The molecule has 1 fully saturated rings. The molecule has 1 aromatic carbocycles. The zero-order chi connectivity index (χ0) is 19.7. The van der Waals surface area contributed by atoms with Crippen LogP contribution in [0.1, 0.15) is 69.1 Å². The van der Waals surface area contributed by atoms with Gasteiger partial charge in [0.2, 0.25) is 0 Å². The second-order valence-corrected chi connectivity index (χ2v) is 7.74. The van der Waals surface area contributed by atoms with Crippen molar-refractivity contribution in [3.05, 3.63) is 68.6 Å². The highest BCUT2D eigenvalue weighted by Crippen LogP contribution is 2.28. The van der Waals surface area contributed by atoms with Gasteiger partial charge in [-0.3, -0.25) is 9.59 Å². The van der Waals surface area contributed by atoms with Gasteiger partial charge < -0.3 is 15.0 Å². The Morgan fingerprint density at radius 1 is 1.11 bits per heavy atom. The van der Waals surface area contributed by atoms with Crippen LogP contribution in [0.2, 0.25) is 0 Å². The maximum absolute atomic E-state index is 13.1. The van der Waals surface area contributed by atoms with Gasteiger partial charge in [0.1, 0.15) is 5.56 Å². The molecule has 0 spiro atoms. The van der Waals surface area contributed by atoms with Crippen LogP contribution in [0.3, 0.4) is 0 Å². The van der Waals surface area contributed by atoms with E-state index in [4.69, 9.17) is 0 Å². The van der Waals surface area contributed by atoms with Gasteiger partial charge in [0.05, 0.1) is 5.56 Å². The van der Waals surface area contributed by atoms with E-state index in [1.54, 1.807) is 29.2 Å². The van der Waals surface area contributed by atoms with E-state index in [-0.39, 0.29) is 28.5 Å². The quantitative estimate of drug-likeness (QED) is 0.857. The number of aromatic carboxylic acids is 1. The van der Waals surface area contributed by atoms with Crippen molar-refractivity contribution >= 4 is 11.9 Å². The first-order chi connectivity index (χ1) is 13.5. The number of aromatic amines is 1. The molecule has 1 unspecified atom stereocenters. The number of nitrogens with zero attached hydrogens (tertiary/aromatic N) is 1. The lowest BCUT2D eigenvalue weighted by atomic mass is 9.89. The number of carbonyl (C=O) groups excluding carboxylic acids is 1. The number of carbonyl (C=O) groups is 2. The molecule has 0 bridgehead atoms. The Kier molecular flexibility index (Phi) is 5.03. The highest BCUT2D eigenvalue weighted by atomic mass is 16.4. The van der Waals surface area contributed by atoms with Gasteiger partial charge in [-0.05, 0) is 67.9 Å². The molecule has 2 heterocycles. The molecular formula is C22H24N2O4. The molecule has 6 heteroatoms. The predicted octanol–water partition coefficient (Wildman–Crippen LogP) is 2.97. The summed E-state index contributed by atoms with van der Waals surface area (Å²) in [5.41, 5.74) is 3.15. The number of hydrogen-bond donors (Lipinski definition) is 2. The molecule has 2 aliphatic rings. The van der Waals surface area contributed by atoms with Crippen LogP contribution in [0.25, 0.3) is 0 Å². The molecule has 1 saturated heterocycles. The van der Waals surface area contributed by atoms with Crippen molar-refractivity contribution in [2.24, 2.45) is 0 Å². The van der Waals surface area contributed by atoms with Gasteiger partial charge in [-0.2, -0.15) is 0 Å². The number of aromatic nitrogens is 1. The number of carboxylic acid groups (broad SMARTS) is 1. The van der Waals surface area contributed by atoms with E-state index in [2.05, 4.69) is 4.98 Å². The van der Waals surface area contributed by atoms with Crippen LogP contribution in [0, 0.1) is 0 Å². The molecule has 1 aliphatic carbocycles. The Balaban J connectivity index is 1.56. The van der Waals surface area contributed by atoms with Crippen LogP contribution in [-0.4, -0.2) is 40.0 Å². The van der Waals surface area contributed by atoms with Crippen LogP contribution < -0.4 is 5.56 Å². The molecule has 0 radical (unpaired) electrons. The van der Waals surface area contributed by atoms with Crippen LogP contribution in [0.4, 0.5) is 0 Å². The van der Waals surface area contributed by atoms with E-state index in [1.165, 1.54) is 0 Å². The summed E-state index contributed by atoms with van der Waals surface area (Å²) in [5.74, 6) is -1.10. The normalized spacial score (nSPS) is 19.1. The number of carboxylic acids is 1. The van der Waals surface area contributed by atoms with E-state index in [1.807, 2.05) is 6.07 Å². The SMILES string of the molecule is O=C(O)c1cccc(C2CCCN(C(=O)c3cc4c([nH]c3=O)CCCC4)C2)c1. The molecule has 1 aliphatic heterocycles. The number of amides is 1. The number of fused-ring (bicyclic) bond motifs is 1. The Bertz CT molecular complexity index is 979. The van der Waals surface area contributed by atoms with Crippen molar-refractivity contribution in [1.29, 1.82) is 0 Å². The van der Waals surface area contributed by atoms with Crippen molar-refractivity contribution in [2.45, 2.75) is 44.4 Å². The smallest absolute Gasteiger partial charge is 0.335 e. The van der Waals surface area contributed by atoms with Crippen molar-refractivity contribution in [3.8, 4) is 0 Å². The van der Waals surface area contributed by atoms with Gasteiger partial charge in [-0.25, -0.2) is 4.79 Å². The number of nitrogens with one attached hydrogen (secondary N) is 1. The maximum Gasteiger partial charge on any atom is 0.335 e. The Morgan fingerprint density at radius 3 is 2.75 bits per heavy atom. The summed E-state index contributed by atoms with van der Waals surface area (Å²) < 4.78 is 0. The number of likely N-dealkylation sites (tertiary alicyclic amines) is 1. The lowest BCUT2D eigenvalue weighted by molar-refractivity contribution is 0.0687. The maximum atomic E-state index is 13.1. The standard InChI is InChI=1S/C22H24N2O4/c25-20-18(12-15-5-1-2-9-19(15)23-20)21(26)24-10-4-8-17(13-24)14-6-3-7-16(11-14)22(27)28/h3,6-7,11-12,17H,1-2,4-5,8-10,13H2,(H,23,25)(H,27,28). The third-order valence-corrected chi connectivity index (χ3v) is 5.88. The van der Waals surface area contributed by atoms with Gasteiger partial charge in [0.15, 0.2) is 0 Å². The van der Waals surface area contributed by atoms with E-state index in [0.717, 1.165) is 55.3 Å². The van der Waals surface area contributed by atoms with Gasteiger partial charge in [-0.1, -0.05) is 12.1 Å². The van der Waals surface area contributed by atoms with Gasteiger partial charge in [-0.15, -0.1) is 0 Å². The molecule has 2 N–H and O–H groups in total. The molecule has 1 atom stereocenters. The summed E-state index contributed by atoms with van der Waals surface area (Å²) in [5, 5.41) is 9.22. The zero-order valence-electron chi connectivity index (χ0n) is 15.7. The number of aryl methyl sites for hydroxylation is 2. The summed E-state index contributed by atoms with van der Waals surface area (Å²) >= 11 is 0. The molecule has 28 heavy (non-hydrogen) atoms. The monoisotopic (exact) mass is 380 g/mol. The highest BCUT2D eigenvalue weighted by Gasteiger charge is 2.28. The van der Waals surface area contributed by atoms with Crippen molar-refractivity contribution < 1.29 is 14.7 Å². The average Bonchev–Trinajstić information content (AvgIpc) is 2.73. The first-order valence-electron chi connectivity index (χ1n) is 9.90. The number of pyridine rings is 1. The largest absolute Gasteiger partial charge is 0.478 e. The lowest BCUT2D eigenvalue weighted by Crippen LogP contribution is -2.41. The Hall–Kier alpha value is -2.89. The molecule has 4 rings (SSSR count).